The first-order valence-electron chi connectivity index (χ1n) is 13.1. The van der Waals surface area contributed by atoms with E-state index in [2.05, 4.69) is 66.0 Å². The van der Waals surface area contributed by atoms with Gasteiger partial charge in [-0.25, -0.2) is 0 Å². The molecule has 0 aromatic rings. The quantitative estimate of drug-likeness (QED) is 0.294. The van der Waals surface area contributed by atoms with Crippen molar-refractivity contribution in [3.8, 4) is 0 Å². The van der Waals surface area contributed by atoms with Crippen molar-refractivity contribution >= 4 is 17.7 Å². The average Bonchev–Trinajstić information content (AvgIpc) is 3.23. The Hall–Kier alpha value is -1.67. The molecule has 0 spiro atoms. The van der Waals surface area contributed by atoms with Crippen LogP contribution in [0.25, 0.3) is 0 Å². The Balaban J connectivity index is 2.66. The van der Waals surface area contributed by atoms with Crippen LogP contribution in [0, 0.1) is 21.7 Å². The van der Waals surface area contributed by atoms with Crippen molar-refractivity contribution in [3.63, 3.8) is 0 Å². The highest BCUT2D eigenvalue weighted by Gasteiger charge is 2.42. The van der Waals surface area contributed by atoms with Crippen molar-refractivity contribution in [2.75, 3.05) is 32.8 Å². The third-order valence-corrected chi connectivity index (χ3v) is 8.83. The second-order valence-corrected chi connectivity index (χ2v) is 12.9. The van der Waals surface area contributed by atoms with Crippen LogP contribution in [0.2, 0.25) is 0 Å². The first-order valence-corrected chi connectivity index (χ1v) is 13.1. The van der Waals surface area contributed by atoms with Crippen LogP contribution in [0.15, 0.2) is 0 Å². The van der Waals surface area contributed by atoms with Crippen molar-refractivity contribution in [2.24, 2.45) is 27.4 Å². The molecule has 0 bridgehead atoms. The zero-order chi connectivity index (χ0) is 27.1. The van der Waals surface area contributed by atoms with Crippen molar-refractivity contribution in [1.29, 1.82) is 0 Å². The number of amides is 3. The number of likely N-dealkylation sites (tertiary alicyclic amines) is 1. The molecule has 8 heteroatoms. The molecule has 204 valence electrons. The van der Waals surface area contributed by atoms with Gasteiger partial charge in [0.15, 0.2) is 0 Å². The predicted octanol–water partition coefficient (Wildman–Crippen LogP) is 2.83. The molecule has 1 rings (SSSR count). The summed E-state index contributed by atoms with van der Waals surface area (Å²) in [6.45, 7) is 18.7. The van der Waals surface area contributed by atoms with Gasteiger partial charge in [0.05, 0.1) is 12.6 Å². The van der Waals surface area contributed by atoms with E-state index in [9.17, 15) is 19.5 Å². The predicted molar refractivity (Wildman–Crippen MR) is 140 cm³/mol. The Morgan fingerprint density at radius 1 is 0.857 bits per heavy atom. The van der Waals surface area contributed by atoms with E-state index in [1.807, 2.05) is 4.90 Å². The Kier molecular flexibility index (Phi) is 11.2. The minimum absolute atomic E-state index is 0.00906. The van der Waals surface area contributed by atoms with Gasteiger partial charge in [-0.15, -0.1) is 0 Å². The second-order valence-electron chi connectivity index (χ2n) is 12.9. The molecule has 1 saturated heterocycles. The van der Waals surface area contributed by atoms with E-state index >= 15 is 0 Å². The molecular weight excluding hydrogens is 444 g/mol. The number of rotatable bonds is 14. The topological polar surface area (TPSA) is 125 Å². The molecule has 1 aliphatic rings. The number of hydrogen-bond donors (Lipinski definition) is 4. The molecule has 0 aromatic heterocycles. The lowest BCUT2D eigenvalue weighted by Crippen LogP contribution is -2.48. The van der Waals surface area contributed by atoms with Crippen LogP contribution in [0.4, 0.5) is 0 Å². The van der Waals surface area contributed by atoms with E-state index in [1.54, 1.807) is 0 Å². The molecule has 35 heavy (non-hydrogen) atoms. The number of aliphatic hydroxyl groups is 1. The molecule has 1 heterocycles. The third kappa shape index (κ3) is 8.74. The van der Waals surface area contributed by atoms with E-state index in [1.165, 1.54) is 0 Å². The number of carbonyl (C=O) groups is 3. The smallest absolute Gasteiger partial charge is 0.223 e. The molecule has 1 atom stereocenters. The summed E-state index contributed by atoms with van der Waals surface area (Å²) in [5.41, 5.74) is 4.19. The van der Waals surface area contributed by atoms with E-state index in [-0.39, 0.29) is 52.0 Å². The maximum atomic E-state index is 13.0. The van der Waals surface area contributed by atoms with Gasteiger partial charge in [-0.1, -0.05) is 55.4 Å². The summed E-state index contributed by atoms with van der Waals surface area (Å²) in [5.74, 6) is 0.0245. The summed E-state index contributed by atoms with van der Waals surface area (Å²) in [7, 11) is 0. The van der Waals surface area contributed by atoms with Crippen LogP contribution in [0.5, 0.6) is 0 Å². The van der Waals surface area contributed by atoms with Crippen molar-refractivity contribution in [1.82, 2.24) is 15.5 Å². The highest BCUT2D eigenvalue weighted by atomic mass is 16.3. The minimum Gasteiger partial charge on any atom is -0.394 e. The number of nitrogens with one attached hydrogen (secondary N) is 2. The van der Waals surface area contributed by atoms with Gasteiger partial charge >= 0.3 is 0 Å². The summed E-state index contributed by atoms with van der Waals surface area (Å²) in [4.78, 5) is 39.8. The van der Waals surface area contributed by atoms with E-state index < -0.39 is 0 Å². The fourth-order valence-corrected chi connectivity index (χ4v) is 4.24. The van der Waals surface area contributed by atoms with Crippen LogP contribution in [0.1, 0.15) is 93.9 Å². The average molecular weight is 497 g/mol. The van der Waals surface area contributed by atoms with Crippen LogP contribution < -0.4 is 16.4 Å². The van der Waals surface area contributed by atoms with Gasteiger partial charge in [-0.3, -0.25) is 14.4 Å². The summed E-state index contributed by atoms with van der Waals surface area (Å²) in [6.07, 6.45) is 3.57. The maximum absolute atomic E-state index is 13.0. The fourth-order valence-electron chi connectivity index (χ4n) is 4.24. The lowest BCUT2D eigenvalue weighted by molar-refractivity contribution is -0.136. The number of aliphatic hydroxyl groups excluding tert-OH is 1. The number of nitrogens with zero attached hydrogens (tertiary/aromatic N) is 1. The molecular formula is C27H52N4O4. The van der Waals surface area contributed by atoms with Crippen LogP contribution in [0.3, 0.4) is 0 Å². The first-order chi connectivity index (χ1) is 16.0. The van der Waals surface area contributed by atoms with E-state index in [0.29, 0.717) is 51.9 Å². The summed E-state index contributed by atoms with van der Waals surface area (Å²) in [5, 5.41) is 15.7. The summed E-state index contributed by atoms with van der Waals surface area (Å²) < 4.78 is 0. The molecule has 0 radical (unpaired) electrons. The molecule has 3 amide bonds. The summed E-state index contributed by atoms with van der Waals surface area (Å²) >= 11 is 0. The maximum Gasteiger partial charge on any atom is 0.223 e. The standard InChI is InChI=1S/C27H52N4O4/c1-24(2,26(5,6)18-29-21(33)12-9-13-28)15-22(34)30-19-27(7,8)25(3,4)16-23(35)31-14-10-11-20(31)17-32/h20,32H,9-19,28H2,1-8H3,(H,29,33)(H,30,34). The van der Waals surface area contributed by atoms with Gasteiger partial charge in [0.25, 0.3) is 0 Å². The van der Waals surface area contributed by atoms with Crippen LogP contribution >= 0.6 is 0 Å². The van der Waals surface area contributed by atoms with Crippen molar-refractivity contribution in [2.45, 2.75) is 100.0 Å². The molecule has 5 N–H and O–H groups in total. The van der Waals surface area contributed by atoms with Crippen LogP contribution in [-0.4, -0.2) is 66.6 Å². The van der Waals surface area contributed by atoms with Crippen LogP contribution in [-0.2, 0) is 14.4 Å². The molecule has 1 aliphatic heterocycles. The molecule has 0 aliphatic carbocycles. The minimum atomic E-state index is -0.345. The fraction of sp³-hybridized carbons (Fsp3) is 0.889. The number of hydrogen-bond acceptors (Lipinski definition) is 5. The van der Waals surface area contributed by atoms with Gasteiger partial charge in [0.1, 0.15) is 0 Å². The van der Waals surface area contributed by atoms with Gasteiger partial charge in [0.2, 0.25) is 17.7 Å². The number of nitrogens with two attached hydrogens (primary N) is 1. The molecule has 0 saturated carbocycles. The second kappa shape index (κ2) is 12.5. The van der Waals surface area contributed by atoms with Gasteiger partial charge in [-0.2, -0.15) is 0 Å². The van der Waals surface area contributed by atoms with E-state index in [4.69, 9.17) is 5.73 Å². The van der Waals surface area contributed by atoms with Gasteiger partial charge in [-0.05, 0) is 47.5 Å². The third-order valence-electron chi connectivity index (χ3n) is 8.83. The Morgan fingerprint density at radius 3 is 1.89 bits per heavy atom. The van der Waals surface area contributed by atoms with Crippen molar-refractivity contribution in [3.05, 3.63) is 0 Å². The zero-order valence-electron chi connectivity index (χ0n) is 23.6. The highest BCUT2D eigenvalue weighted by molar-refractivity contribution is 5.78. The van der Waals surface area contributed by atoms with Gasteiger partial charge in [0, 0.05) is 38.9 Å². The Bertz CT molecular complexity index is 731. The molecule has 0 aromatic carbocycles. The molecule has 8 nitrogen and oxygen atoms in total. The number of carbonyl (C=O) groups excluding carboxylic acids is 3. The zero-order valence-corrected chi connectivity index (χ0v) is 23.6. The summed E-state index contributed by atoms with van der Waals surface area (Å²) in [6, 6.07) is -0.0721. The first kappa shape index (κ1) is 31.4. The largest absolute Gasteiger partial charge is 0.394 e. The van der Waals surface area contributed by atoms with Gasteiger partial charge < -0.3 is 26.4 Å². The highest BCUT2D eigenvalue weighted by Crippen LogP contribution is 2.43. The molecule has 1 fully saturated rings. The van der Waals surface area contributed by atoms with Crippen molar-refractivity contribution < 1.29 is 19.5 Å². The Morgan fingerprint density at radius 2 is 1.37 bits per heavy atom. The molecule has 1 unspecified atom stereocenters. The SMILES string of the molecule is CC(C)(CNC(=O)CCCN)C(C)(C)CC(=O)NCC(C)(C)C(C)(C)CC(=O)N1CCCC1CO. The Labute approximate surface area is 213 Å². The lowest BCUT2D eigenvalue weighted by atomic mass is 9.65. The van der Waals surface area contributed by atoms with E-state index in [0.717, 1.165) is 12.8 Å². The lowest BCUT2D eigenvalue weighted by Gasteiger charge is -2.44. The monoisotopic (exact) mass is 496 g/mol. The normalized spacial score (nSPS) is 17.4.